The minimum absolute atomic E-state index is 0.935. The van der Waals surface area contributed by atoms with E-state index in [4.69, 9.17) is 0 Å². The minimum Gasteiger partial charge on any atom is -0.0949 e. The number of rotatable bonds is 5. The molecule has 3 rings (SSSR count). The number of hydrogen-bond acceptors (Lipinski definition) is 0. The van der Waals surface area contributed by atoms with Gasteiger partial charge in [-0.25, -0.2) is 0 Å². The van der Waals surface area contributed by atoms with Crippen molar-refractivity contribution in [3.05, 3.63) is 82.4 Å². The summed E-state index contributed by atoms with van der Waals surface area (Å²) < 4.78 is 1.03. The molecule has 0 nitrogen and oxygen atoms in total. The lowest BCUT2D eigenvalue weighted by molar-refractivity contribution is 1.13. The van der Waals surface area contributed by atoms with E-state index in [0.717, 1.165) is 23.7 Å². The molecule has 0 spiro atoms. The molecule has 1 aliphatic carbocycles. The summed E-state index contributed by atoms with van der Waals surface area (Å²) in [5.41, 5.74) is 9.54. The van der Waals surface area contributed by atoms with E-state index >= 15 is 0 Å². The number of fused-ring (bicyclic) bond motifs is 1. The number of alkyl halides is 1. The van der Waals surface area contributed by atoms with E-state index in [0.29, 0.717) is 0 Å². The average molecular weight is 400 g/mol. The van der Waals surface area contributed by atoms with E-state index in [9.17, 15) is 0 Å². The third-order valence-electron chi connectivity index (χ3n) is 4.37. The number of allylic oxidation sites excluding steroid dienone is 2. The van der Waals surface area contributed by atoms with Crippen molar-refractivity contribution in [2.24, 2.45) is 0 Å². The Morgan fingerprint density at radius 3 is 2.73 bits per heavy atom. The van der Waals surface area contributed by atoms with Gasteiger partial charge in [-0.3, -0.25) is 0 Å². The van der Waals surface area contributed by atoms with Crippen molar-refractivity contribution in [3.63, 3.8) is 0 Å². The molecule has 0 fully saturated rings. The second-order valence-electron chi connectivity index (χ2n) is 5.90. The lowest BCUT2D eigenvalue weighted by Gasteiger charge is -2.13. The van der Waals surface area contributed by atoms with Gasteiger partial charge in [-0.05, 0) is 58.2 Å². The molecule has 0 saturated carbocycles. The summed E-state index contributed by atoms with van der Waals surface area (Å²) in [5.74, 6) is 0. The first-order valence-electron chi connectivity index (χ1n) is 7.85. The van der Waals surface area contributed by atoms with Crippen LogP contribution in [0.2, 0.25) is 0 Å². The summed E-state index contributed by atoms with van der Waals surface area (Å²) in [6.07, 6.45) is 7.53. The Bertz CT molecular complexity index is 738. The molecule has 1 aliphatic rings. The Kier molecular flexibility index (Phi) is 4.82. The third kappa shape index (κ3) is 3.19. The van der Waals surface area contributed by atoms with Crippen LogP contribution in [0.15, 0.2) is 49.1 Å². The molecule has 0 aliphatic heterocycles. The maximum absolute atomic E-state index is 4.38. The van der Waals surface area contributed by atoms with Crippen LogP contribution >= 0.6 is 22.6 Å². The van der Waals surface area contributed by atoms with Gasteiger partial charge in [-0.2, -0.15) is 0 Å². The second-order valence-corrected chi connectivity index (χ2v) is 6.66. The van der Waals surface area contributed by atoms with E-state index in [1.807, 2.05) is 0 Å². The van der Waals surface area contributed by atoms with Gasteiger partial charge in [0.2, 0.25) is 0 Å². The highest BCUT2D eigenvalue weighted by Gasteiger charge is 2.10. The fourth-order valence-electron chi connectivity index (χ4n) is 3.05. The topological polar surface area (TPSA) is 0 Å². The smallest absolute Gasteiger partial charge is 0.0253 e. The van der Waals surface area contributed by atoms with Crippen LogP contribution < -0.4 is 0 Å². The molecule has 22 heavy (non-hydrogen) atoms. The first-order valence-corrected chi connectivity index (χ1v) is 9.38. The van der Waals surface area contributed by atoms with E-state index in [1.54, 1.807) is 0 Å². The van der Waals surface area contributed by atoms with Crippen molar-refractivity contribution >= 4 is 34.2 Å². The zero-order valence-corrected chi connectivity index (χ0v) is 15.2. The summed E-state index contributed by atoms with van der Waals surface area (Å²) in [4.78, 5) is 0. The van der Waals surface area contributed by atoms with E-state index in [-0.39, 0.29) is 0 Å². The fourth-order valence-corrected chi connectivity index (χ4v) is 3.72. The minimum atomic E-state index is 0.935. The van der Waals surface area contributed by atoms with Crippen molar-refractivity contribution in [3.8, 4) is 0 Å². The van der Waals surface area contributed by atoms with E-state index in [1.165, 1.54) is 39.0 Å². The molecule has 0 bridgehead atoms. The maximum Gasteiger partial charge on any atom is 0.0253 e. The Labute approximate surface area is 147 Å². The zero-order chi connectivity index (χ0) is 15.5. The van der Waals surface area contributed by atoms with Crippen molar-refractivity contribution in [1.82, 2.24) is 0 Å². The largest absolute Gasteiger partial charge is 0.0949 e. The Balaban J connectivity index is 1.85. The number of hydrogen-bond donors (Lipinski definition) is 0. The highest BCUT2D eigenvalue weighted by atomic mass is 127. The van der Waals surface area contributed by atoms with E-state index < -0.39 is 0 Å². The Hall–Kier alpha value is -1.35. The zero-order valence-electron chi connectivity index (χ0n) is 13.0. The molecular formula is C21H21I. The summed E-state index contributed by atoms with van der Waals surface area (Å²) in [6.45, 7) is 6.59. The molecule has 0 aromatic heterocycles. The fraction of sp³-hybridized carbons (Fsp3) is 0.238. The molecule has 2 aromatic rings. The number of halogens is 1. The SMILES string of the molecule is C=C(Cc1ccc2c(c1)CC=C2)c1cc(CC)ccc1CI. The molecule has 0 radical (unpaired) electrons. The number of aryl methyl sites for hydroxylation is 1. The highest BCUT2D eigenvalue weighted by molar-refractivity contribution is 14.1. The predicted molar refractivity (Wildman–Crippen MR) is 105 cm³/mol. The van der Waals surface area contributed by atoms with Crippen molar-refractivity contribution in [2.75, 3.05) is 0 Å². The van der Waals surface area contributed by atoms with Gasteiger partial charge in [-0.15, -0.1) is 0 Å². The number of benzene rings is 2. The van der Waals surface area contributed by atoms with Crippen LogP contribution in [0.1, 0.15) is 40.3 Å². The van der Waals surface area contributed by atoms with Crippen molar-refractivity contribution in [2.45, 2.75) is 30.6 Å². The van der Waals surface area contributed by atoms with Crippen LogP contribution in [-0.2, 0) is 23.7 Å². The monoisotopic (exact) mass is 400 g/mol. The lowest BCUT2D eigenvalue weighted by atomic mass is 9.93. The van der Waals surface area contributed by atoms with Crippen LogP contribution in [-0.4, -0.2) is 0 Å². The molecule has 2 aromatic carbocycles. The van der Waals surface area contributed by atoms with E-state index in [2.05, 4.69) is 84.6 Å². The standard InChI is InChI=1S/C21H21I/c1-3-16-7-10-20(14-22)21(13-16)15(2)11-17-8-9-18-5-4-6-19(18)12-17/h4-5,7-10,12-13H,2-3,6,11,14H2,1H3. The van der Waals surface area contributed by atoms with Gasteiger partial charge in [0.1, 0.15) is 0 Å². The molecule has 0 unspecified atom stereocenters. The molecule has 0 heterocycles. The van der Waals surface area contributed by atoms with Crippen LogP contribution in [0.25, 0.3) is 11.6 Å². The van der Waals surface area contributed by atoms with Crippen LogP contribution in [0.4, 0.5) is 0 Å². The van der Waals surface area contributed by atoms with Crippen molar-refractivity contribution < 1.29 is 0 Å². The summed E-state index contributed by atoms with van der Waals surface area (Å²) in [6, 6.07) is 13.7. The van der Waals surface area contributed by atoms with Crippen LogP contribution in [0.5, 0.6) is 0 Å². The van der Waals surface area contributed by atoms with Gasteiger partial charge in [0, 0.05) is 4.43 Å². The van der Waals surface area contributed by atoms with Gasteiger partial charge >= 0.3 is 0 Å². The predicted octanol–water partition coefficient (Wildman–Crippen LogP) is 6.01. The summed E-state index contributed by atoms with van der Waals surface area (Å²) >= 11 is 2.44. The quantitative estimate of drug-likeness (QED) is 0.426. The molecule has 0 saturated heterocycles. The Morgan fingerprint density at radius 1 is 1.14 bits per heavy atom. The maximum atomic E-state index is 4.38. The third-order valence-corrected chi connectivity index (χ3v) is 5.19. The summed E-state index contributed by atoms with van der Waals surface area (Å²) in [5, 5.41) is 0. The average Bonchev–Trinajstić information content (AvgIpc) is 3.01. The van der Waals surface area contributed by atoms with Gasteiger partial charge < -0.3 is 0 Å². The van der Waals surface area contributed by atoms with Gasteiger partial charge in [-0.1, -0.05) is 84.6 Å². The van der Waals surface area contributed by atoms with Crippen LogP contribution in [0, 0.1) is 0 Å². The van der Waals surface area contributed by atoms with Gasteiger partial charge in [0.15, 0.2) is 0 Å². The normalized spacial score (nSPS) is 12.5. The summed E-state index contributed by atoms with van der Waals surface area (Å²) in [7, 11) is 0. The molecule has 0 N–H and O–H groups in total. The highest BCUT2D eigenvalue weighted by Crippen LogP contribution is 2.27. The molecular weight excluding hydrogens is 379 g/mol. The second kappa shape index (κ2) is 6.82. The molecule has 1 heteroatoms. The lowest BCUT2D eigenvalue weighted by Crippen LogP contribution is -1.97. The van der Waals surface area contributed by atoms with Gasteiger partial charge in [0.05, 0.1) is 0 Å². The van der Waals surface area contributed by atoms with Crippen molar-refractivity contribution in [1.29, 1.82) is 0 Å². The first-order chi connectivity index (χ1) is 10.7. The van der Waals surface area contributed by atoms with Crippen LogP contribution in [0.3, 0.4) is 0 Å². The molecule has 0 atom stereocenters. The molecule has 112 valence electrons. The Morgan fingerprint density at radius 2 is 1.95 bits per heavy atom. The van der Waals surface area contributed by atoms with Gasteiger partial charge in [0.25, 0.3) is 0 Å². The molecule has 0 amide bonds. The first kappa shape index (κ1) is 15.5.